The highest BCUT2D eigenvalue weighted by atomic mass is 16.5. The van der Waals surface area contributed by atoms with Crippen LogP contribution in [0.5, 0.6) is 5.75 Å². The topological polar surface area (TPSA) is 76.1 Å². The van der Waals surface area contributed by atoms with Crippen molar-refractivity contribution in [3.8, 4) is 5.75 Å². The summed E-state index contributed by atoms with van der Waals surface area (Å²) in [5.41, 5.74) is 3.77. The zero-order valence-electron chi connectivity index (χ0n) is 16.1. The van der Waals surface area contributed by atoms with Gasteiger partial charge in [-0.15, -0.1) is 0 Å². The Labute approximate surface area is 165 Å². The average molecular weight is 376 g/mol. The molecule has 1 heterocycles. The van der Waals surface area contributed by atoms with Gasteiger partial charge in [0.25, 0.3) is 5.91 Å². The lowest BCUT2D eigenvalue weighted by Crippen LogP contribution is -2.24. The fourth-order valence-electron chi connectivity index (χ4n) is 2.78. The number of amides is 1. The predicted octanol–water partition coefficient (Wildman–Crippen LogP) is 3.38. The summed E-state index contributed by atoms with van der Waals surface area (Å²) in [6.07, 6.45) is 2.24. The van der Waals surface area contributed by atoms with E-state index in [4.69, 9.17) is 4.74 Å². The smallest absolute Gasteiger partial charge is 0.270 e. The molecule has 1 amide bonds. The molecule has 6 nitrogen and oxygen atoms in total. The van der Waals surface area contributed by atoms with E-state index in [-0.39, 0.29) is 5.91 Å². The lowest BCUT2D eigenvalue weighted by atomic mass is 10.1. The van der Waals surface area contributed by atoms with Crippen molar-refractivity contribution in [3.63, 3.8) is 0 Å². The molecule has 0 aliphatic carbocycles. The highest BCUT2D eigenvalue weighted by Crippen LogP contribution is 2.12. The third-order valence-corrected chi connectivity index (χ3v) is 4.48. The second kappa shape index (κ2) is 9.50. The molecule has 2 aromatic carbocycles. The van der Waals surface area contributed by atoms with Crippen LogP contribution in [0.2, 0.25) is 0 Å². The van der Waals surface area contributed by atoms with Gasteiger partial charge in [0.2, 0.25) is 0 Å². The fraction of sp³-hybridized carbons (Fsp3) is 0.227. The normalized spacial score (nSPS) is 10.4. The molecule has 3 rings (SSSR count). The molecule has 2 N–H and O–H groups in total. The van der Waals surface area contributed by atoms with Crippen molar-refractivity contribution in [2.75, 3.05) is 19.0 Å². The number of benzene rings is 2. The van der Waals surface area contributed by atoms with Crippen molar-refractivity contribution >= 4 is 11.7 Å². The monoisotopic (exact) mass is 376 g/mol. The second-order valence-corrected chi connectivity index (χ2v) is 6.42. The van der Waals surface area contributed by atoms with Crippen LogP contribution in [0.15, 0.2) is 60.9 Å². The molecule has 0 unspecified atom stereocenters. The second-order valence-electron chi connectivity index (χ2n) is 6.42. The number of hydrogen-bond acceptors (Lipinski definition) is 5. The SMILES string of the molecule is COc1ccc(CCNc2cc(C(=O)NCc3ccccc3C)ncn2)cc1. The lowest BCUT2D eigenvalue weighted by Gasteiger charge is -2.09. The summed E-state index contributed by atoms with van der Waals surface area (Å²) in [4.78, 5) is 20.7. The average Bonchev–Trinajstić information content (AvgIpc) is 2.74. The van der Waals surface area contributed by atoms with Gasteiger partial charge in [0.15, 0.2) is 0 Å². The van der Waals surface area contributed by atoms with Crippen LogP contribution in [-0.2, 0) is 13.0 Å². The molecule has 0 aliphatic rings. The largest absolute Gasteiger partial charge is 0.497 e. The molecule has 1 aromatic heterocycles. The van der Waals surface area contributed by atoms with E-state index < -0.39 is 0 Å². The molecule has 0 atom stereocenters. The summed E-state index contributed by atoms with van der Waals surface area (Å²) < 4.78 is 5.16. The quantitative estimate of drug-likeness (QED) is 0.630. The molecule has 0 saturated heterocycles. The Morgan fingerprint density at radius 1 is 1.07 bits per heavy atom. The number of rotatable bonds is 8. The van der Waals surface area contributed by atoms with Gasteiger partial charge in [0, 0.05) is 19.2 Å². The van der Waals surface area contributed by atoms with Gasteiger partial charge in [-0.1, -0.05) is 36.4 Å². The van der Waals surface area contributed by atoms with E-state index in [0.717, 1.165) is 23.3 Å². The minimum absolute atomic E-state index is 0.219. The molecule has 0 aliphatic heterocycles. The van der Waals surface area contributed by atoms with Crippen molar-refractivity contribution in [1.82, 2.24) is 15.3 Å². The van der Waals surface area contributed by atoms with Crippen LogP contribution in [0, 0.1) is 6.92 Å². The van der Waals surface area contributed by atoms with Crippen LogP contribution < -0.4 is 15.4 Å². The Morgan fingerprint density at radius 3 is 2.61 bits per heavy atom. The minimum atomic E-state index is -0.219. The summed E-state index contributed by atoms with van der Waals surface area (Å²) in [6, 6.07) is 17.6. The van der Waals surface area contributed by atoms with E-state index in [1.807, 2.05) is 55.5 Å². The van der Waals surface area contributed by atoms with E-state index in [1.165, 1.54) is 11.9 Å². The number of ether oxygens (including phenoxy) is 1. The summed E-state index contributed by atoms with van der Waals surface area (Å²) in [6.45, 7) is 3.19. The molecule has 0 radical (unpaired) electrons. The predicted molar refractivity (Wildman–Crippen MR) is 110 cm³/mol. The number of hydrogen-bond donors (Lipinski definition) is 2. The third kappa shape index (κ3) is 5.30. The van der Waals surface area contributed by atoms with E-state index >= 15 is 0 Å². The van der Waals surface area contributed by atoms with Crippen molar-refractivity contribution in [3.05, 3.63) is 83.3 Å². The number of aryl methyl sites for hydroxylation is 1. The number of nitrogens with zero attached hydrogens (tertiary/aromatic N) is 2. The molecule has 0 spiro atoms. The van der Waals surface area contributed by atoms with E-state index in [1.54, 1.807) is 13.2 Å². The van der Waals surface area contributed by atoms with Gasteiger partial charge in [-0.2, -0.15) is 0 Å². The molecule has 0 bridgehead atoms. The Bertz CT molecular complexity index is 926. The molecule has 6 heteroatoms. The van der Waals surface area contributed by atoms with Crippen LogP contribution in [0.3, 0.4) is 0 Å². The van der Waals surface area contributed by atoms with Crippen molar-refractivity contribution in [2.24, 2.45) is 0 Å². The van der Waals surface area contributed by atoms with Crippen molar-refractivity contribution in [1.29, 1.82) is 0 Å². The van der Waals surface area contributed by atoms with Gasteiger partial charge in [-0.05, 0) is 42.2 Å². The summed E-state index contributed by atoms with van der Waals surface area (Å²) >= 11 is 0. The molecule has 144 valence electrons. The maximum Gasteiger partial charge on any atom is 0.270 e. The maximum atomic E-state index is 12.4. The van der Waals surface area contributed by atoms with Crippen LogP contribution in [0.25, 0.3) is 0 Å². The molecule has 28 heavy (non-hydrogen) atoms. The zero-order chi connectivity index (χ0) is 19.8. The number of aromatic nitrogens is 2. The van der Waals surface area contributed by atoms with Gasteiger partial charge < -0.3 is 15.4 Å². The third-order valence-electron chi connectivity index (χ3n) is 4.48. The standard InChI is InChI=1S/C22H24N4O2/c1-16-5-3-4-6-18(16)14-24-22(27)20-13-21(26-15-25-20)23-12-11-17-7-9-19(28-2)10-8-17/h3-10,13,15H,11-12,14H2,1-2H3,(H,24,27)(H,23,25,26). The summed E-state index contributed by atoms with van der Waals surface area (Å²) in [5, 5.41) is 6.14. The summed E-state index contributed by atoms with van der Waals surface area (Å²) in [7, 11) is 1.65. The first-order chi connectivity index (χ1) is 13.7. The van der Waals surface area contributed by atoms with Crippen molar-refractivity contribution < 1.29 is 9.53 Å². The fourth-order valence-corrected chi connectivity index (χ4v) is 2.78. The number of anilines is 1. The lowest BCUT2D eigenvalue weighted by molar-refractivity contribution is 0.0945. The first-order valence-corrected chi connectivity index (χ1v) is 9.17. The minimum Gasteiger partial charge on any atom is -0.497 e. The number of carbonyl (C=O) groups excluding carboxylic acids is 1. The molecular weight excluding hydrogens is 352 g/mol. The van der Waals surface area contributed by atoms with E-state index in [2.05, 4.69) is 20.6 Å². The van der Waals surface area contributed by atoms with Crippen LogP contribution in [0.4, 0.5) is 5.82 Å². The Hall–Kier alpha value is -3.41. The van der Waals surface area contributed by atoms with Gasteiger partial charge in [-0.25, -0.2) is 9.97 Å². The van der Waals surface area contributed by atoms with Crippen LogP contribution in [-0.4, -0.2) is 29.5 Å². The number of methoxy groups -OCH3 is 1. The first kappa shape index (κ1) is 19.4. The molecule has 0 fully saturated rings. The number of carbonyl (C=O) groups is 1. The van der Waals surface area contributed by atoms with Gasteiger partial charge in [0.1, 0.15) is 23.6 Å². The Balaban J connectivity index is 1.52. The highest BCUT2D eigenvalue weighted by molar-refractivity contribution is 5.92. The van der Waals surface area contributed by atoms with Crippen LogP contribution in [0.1, 0.15) is 27.2 Å². The number of nitrogens with one attached hydrogen (secondary N) is 2. The Kier molecular flexibility index (Phi) is 6.57. The van der Waals surface area contributed by atoms with Gasteiger partial charge in [-0.3, -0.25) is 4.79 Å². The highest BCUT2D eigenvalue weighted by Gasteiger charge is 2.09. The van der Waals surface area contributed by atoms with Crippen molar-refractivity contribution in [2.45, 2.75) is 19.9 Å². The Morgan fingerprint density at radius 2 is 1.86 bits per heavy atom. The zero-order valence-corrected chi connectivity index (χ0v) is 16.1. The molecular formula is C22H24N4O2. The maximum absolute atomic E-state index is 12.4. The first-order valence-electron chi connectivity index (χ1n) is 9.17. The molecule has 3 aromatic rings. The summed E-state index contributed by atoms with van der Waals surface area (Å²) in [5.74, 6) is 1.25. The van der Waals surface area contributed by atoms with E-state index in [9.17, 15) is 4.79 Å². The van der Waals surface area contributed by atoms with Gasteiger partial charge in [0.05, 0.1) is 7.11 Å². The van der Waals surface area contributed by atoms with Gasteiger partial charge >= 0.3 is 0 Å². The van der Waals surface area contributed by atoms with Crippen LogP contribution >= 0.6 is 0 Å². The molecule has 0 saturated carbocycles. The van der Waals surface area contributed by atoms with E-state index in [0.29, 0.717) is 24.6 Å².